The fraction of sp³-hybridized carbons (Fsp3) is 0.444. The van der Waals surface area contributed by atoms with Gasteiger partial charge >= 0.3 is 0 Å². The van der Waals surface area contributed by atoms with Gasteiger partial charge in [-0.05, 0) is 38.8 Å². The van der Waals surface area contributed by atoms with Gasteiger partial charge in [-0.15, -0.1) is 0 Å². The van der Waals surface area contributed by atoms with Gasteiger partial charge in [0, 0.05) is 37.8 Å². The lowest BCUT2D eigenvalue weighted by molar-refractivity contribution is -0.0107. The number of hydrogen-bond acceptors (Lipinski definition) is 6. The zero-order chi connectivity index (χ0) is 24.1. The summed E-state index contributed by atoms with van der Waals surface area (Å²) < 4.78 is 19.2. The predicted octanol–water partition coefficient (Wildman–Crippen LogP) is 4.64. The molecule has 1 aliphatic rings. The van der Waals surface area contributed by atoms with Gasteiger partial charge in [0.15, 0.2) is 0 Å². The van der Waals surface area contributed by atoms with Crippen LogP contribution >= 0.6 is 0 Å². The van der Waals surface area contributed by atoms with Crippen molar-refractivity contribution < 1.29 is 19.3 Å². The minimum absolute atomic E-state index is 0.0925. The van der Waals surface area contributed by atoms with Crippen LogP contribution in [0.1, 0.15) is 32.3 Å². The van der Waals surface area contributed by atoms with Gasteiger partial charge in [-0.25, -0.2) is 4.68 Å². The van der Waals surface area contributed by atoms with E-state index < -0.39 is 6.10 Å². The first-order valence-corrected chi connectivity index (χ1v) is 11.9. The van der Waals surface area contributed by atoms with E-state index in [0.717, 1.165) is 35.4 Å². The molecule has 34 heavy (non-hydrogen) atoms. The van der Waals surface area contributed by atoms with Crippen LogP contribution in [0.25, 0.3) is 11.3 Å². The number of nitrogens with zero attached hydrogens (tertiary/aromatic N) is 3. The third-order valence-electron chi connectivity index (χ3n) is 5.88. The van der Waals surface area contributed by atoms with Crippen LogP contribution in [0.2, 0.25) is 0 Å². The standard InChI is InChI=1S/C27H35N3O4/c1-19(2)33-18-22(31)16-30(21-13-14-21)17-25-26(20-9-6-5-7-10-20)28-29(3)27(25)34-24-12-8-11-23(15-24)32-4/h5-12,15,19,21-22,31H,13-14,16-18H2,1-4H3/t22-/m1/s1. The highest BCUT2D eigenvalue weighted by Gasteiger charge is 2.33. The Balaban J connectivity index is 1.65. The van der Waals surface area contributed by atoms with Crippen LogP contribution in [0.5, 0.6) is 17.4 Å². The molecule has 1 aliphatic carbocycles. The fourth-order valence-corrected chi connectivity index (χ4v) is 4.04. The molecule has 0 saturated heterocycles. The zero-order valence-electron chi connectivity index (χ0n) is 20.5. The van der Waals surface area contributed by atoms with E-state index in [4.69, 9.17) is 19.3 Å². The summed E-state index contributed by atoms with van der Waals surface area (Å²) >= 11 is 0. The molecule has 2 aromatic carbocycles. The van der Waals surface area contributed by atoms with Gasteiger partial charge in [-0.1, -0.05) is 36.4 Å². The number of aliphatic hydroxyl groups is 1. The van der Waals surface area contributed by atoms with Crippen molar-refractivity contribution in [2.45, 2.75) is 51.5 Å². The van der Waals surface area contributed by atoms with E-state index in [1.807, 2.05) is 63.4 Å². The Kier molecular flexibility index (Phi) is 7.88. The Bertz CT molecular complexity index is 1060. The van der Waals surface area contributed by atoms with Gasteiger partial charge in [-0.3, -0.25) is 4.90 Å². The summed E-state index contributed by atoms with van der Waals surface area (Å²) in [7, 11) is 3.54. The molecule has 7 heteroatoms. The summed E-state index contributed by atoms with van der Waals surface area (Å²) in [5, 5.41) is 15.5. The van der Waals surface area contributed by atoms with Gasteiger partial charge in [0.1, 0.15) is 17.2 Å². The van der Waals surface area contributed by atoms with Crippen molar-refractivity contribution in [3.63, 3.8) is 0 Å². The second kappa shape index (κ2) is 11.0. The maximum absolute atomic E-state index is 10.6. The summed E-state index contributed by atoms with van der Waals surface area (Å²) in [5.74, 6) is 2.11. The van der Waals surface area contributed by atoms with Gasteiger partial charge in [0.05, 0.1) is 31.5 Å². The van der Waals surface area contributed by atoms with Crippen LogP contribution in [-0.2, 0) is 18.3 Å². The first-order chi connectivity index (χ1) is 16.4. The third kappa shape index (κ3) is 6.17. The number of hydrogen-bond donors (Lipinski definition) is 1. The highest BCUT2D eigenvalue weighted by molar-refractivity contribution is 5.65. The molecule has 1 aromatic heterocycles. The number of benzene rings is 2. The average molecular weight is 466 g/mol. The average Bonchev–Trinajstić information content (AvgIpc) is 3.64. The maximum Gasteiger partial charge on any atom is 0.222 e. The Hall–Kier alpha value is -2.87. The highest BCUT2D eigenvalue weighted by Crippen LogP contribution is 2.37. The van der Waals surface area contributed by atoms with Crippen LogP contribution in [0.3, 0.4) is 0 Å². The van der Waals surface area contributed by atoms with Crippen molar-refractivity contribution in [3.8, 4) is 28.6 Å². The van der Waals surface area contributed by atoms with Gasteiger partial charge in [-0.2, -0.15) is 5.10 Å². The van der Waals surface area contributed by atoms with Gasteiger partial charge < -0.3 is 19.3 Å². The van der Waals surface area contributed by atoms with E-state index in [-0.39, 0.29) is 6.10 Å². The van der Waals surface area contributed by atoms with E-state index >= 15 is 0 Å². The molecule has 1 N–H and O–H groups in total. The lowest BCUT2D eigenvalue weighted by Crippen LogP contribution is -2.36. The minimum Gasteiger partial charge on any atom is -0.497 e. The molecule has 3 aromatic rings. The Morgan fingerprint density at radius 3 is 2.50 bits per heavy atom. The predicted molar refractivity (Wildman–Crippen MR) is 132 cm³/mol. The Morgan fingerprint density at radius 1 is 1.09 bits per heavy atom. The molecule has 0 spiro atoms. The highest BCUT2D eigenvalue weighted by atomic mass is 16.5. The Morgan fingerprint density at radius 2 is 1.82 bits per heavy atom. The SMILES string of the molecule is COc1cccc(Oc2c(CN(C[C@@H](O)COC(C)C)C3CC3)c(-c3ccccc3)nn2C)c1. The van der Waals surface area contributed by atoms with E-state index in [0.29, 0.717) is 37.4 Å². The van der Waals surface area contributed by atoms with Gasteiger partial charge in [0.2, 0.25) is 5.88 Å². The summed E-state index contributed by atoms with van der Waals surface area (Å²) in [4.78, 5) is 2.33. The molecule has 4 rings (SSSR count). The summed E-state index contributed by atoms with van der Waals surface area (Å²) in [6, 6.07) is 18.2. The van der Waals surface area contributed by atoms with Crippen molar-refractivity contribution in [1.29, 1.82) is 0 Å². The van der Waals surface area contributed by atoms with Crippen molar-refractivity contribution in [1.82, 2.24) is 14.7 Å². The molecule has 7 nitrogen and oxygen atoms in total. The summed E-state index contributed by atoms with van der Waals surface area (Å²) in [6.07, 6.45) is 1.80. The summed E-state index contributed by atoms with van der Waals surface area (Å²) in [5.41, 5.74) is 2.92. The largest absolute Gasteiger partial charge is 0.497 e. The van der Waals surface area contributed by atoms with E-state index in [2.05, 4.69) is 17.0 Å². The second-order valence-corrected chi connectivity index (χ2v) is 9.10. The van der Waals surface area contributed by atoms with Crippen LogP contribution in [0.4, 0.5) is 0 Å². The Labute approximate surface area is 201 Å². The van der Waals surface area contributed by atoms with Crippen molar-refractivity contribution in [2.75, 3.05) is 20.3 Å². The maximum atomic E-state index is 10.6. The molecule has 0 unspecified atom stereocenters. The first kappa shape index (κ1) is 24.3. The normalized spacial score (nSPS) is 14.6. The van der Waals surface area contributed by atoms with Crippen LogP contribution in [0, 0.1) is 0 Å². The number of aryl methyl sites for hydroxylation is 1. The van der Waals surface area contributed by atoms with Gasteiger partial charge in [0.25, 0.3) is 0 Å². The van der Waals surface area contributed by atoms with Crippen molar-refractivity contribution in [2.24, 2.45) is 7.05 Å². The number of aromatic nitrogens is 2. The van der Waals surface area contributed by atoms with Crippen LogP contribution in [-0.4, -0.2) is 58.3 Å². The molecule has 0 amide bonds. The monoisotopic (exact) mass is 465 g/mol. The van der Waals surface area contributed by atoms with Crippen molar-refractivity contribution in [3.05, 3.63) is 60.2 Å². The lowest BCUT2D eigenvalue weighted by Gasteiger charge is -2.26. The molecular weight excluding hydrogens is 430 g/mol. The number of aliphatic hydroxyl groups excluding tert-OH is 1. The molecule has 0 bridgehead atoms. The van der Waals surface area contributed by atoms with Crippen molar-refractivity contribution >= 4 is 0 Å². The zero-order valence-corrected chi connectivity index (χ0v) is 20.5. The van der Waals surface area contributed by atoms with Crippen LogP contribution < -0.4 is 9.47 Å². The number of methoxy groups -OCH3 is 1. The smallest absolute Gasteiger partial charge is 0.222 e. The van der Waals surface area contributed by atoms with E-state index in [1.165, 1.54) is 0 Å². The van der Waals surface area contributed by atoms with E-state index in [9.17, 15) is 5.11 Å². The number of rotatable bonds is 12. The molecular formula is C27H35N3O4. The molecule has 0 aliphatic heterocycles. The molecule has 1 atom stereocenters. The van der Waals surface area contributed by atoms with E-state index in [1.54, 1.807) is 11.8 Å². The molecule has 182 valence electrons. The second-order valence-electron chi connectivity index (χ2n) is 9.10. The molecule has 1 fully saturated rings. The van der Waals surface area contributed by atoms with Crippen LogP contribution in [0.15, 0.2) is 54.6 Å². The lowest BCUT2D eigenvalue weighted by atomic mass is 10.1. The fourth-order valence-electron chi connectivity index (χ4n) is 4.04. The third-order valence-corrected chi connectivity index (χ3v) is 5.88. The quantitative estimate of drug-likeness (QED) is 0.420. The molecule has 1 saturated carbocycles. The first-order valence-electron chi connectivity index (χ1n) is 11.9. The molecule has 1 heterocycles. The topological polar surface area (TPSA) is 69.0 Å². The minimum atomic E-state index is -0.553. The molecule has 0 radical (unpaired) electrons. The summed E-state index contributed by atoms with van der Waals surface area (Å²) in [6.45, 7) is 5.46. The number of ether oxygens (including phenoxy) is 3.